The van der Waals surface area contributed by atoms with Crippen molar-refractivity contribution in [2.24, 2.45) is 4.99 Å². The van der Waals surface area contributed by atoms with Gasteiger partial charge < -0.3 is 14.6 Å². The summed E-state index contributed by atoms with van der Waals surface area (Å²) in [6, 6.07) is 12.8. The Labute approximate surface area is 143 Å². The standard InChI is InChI=1S/C20H25NO3/c1-3-4-5-6-13-24-18-11-8-17(9-12-18)21-15-16-7-10-19(23-2)14-20(16)22/h7-12,14-15,22H,3-6,13H2,1-2H3. The van der Waals surface area contributed by atoms with Gasteiger partial charge in [0.15, 0.2) is 0 Å². The van der Waals surface area contributed by atoms with Crippen LogP contribution in [0.1, 0.15) is 38.2 Å². The summed E-state index contributed by atoms with van der Waals surface area (Å²) in [7, 11) is 1.57. The van der Waals surface area contributed by atoms with Crippen molar-refractivity contribution in [2.45, 2.75) is 32.6 Å². The number of nitrogens with zero attached hydrogens (tertiary/aromatic N) is 1. The van der Waals surface area contributed by atoms with Crippen LogP contribution in [0.4, 0.5) is 5.69 Å². The van der Waals surface area contributed by atoms with E-state index in [1.807, 2.05) is 24.3 Å². The van der Waals surface area contributed by atoms with E-state index in [2.05, 4.69) is 11.9 Å². The minimum atomic E-state index is 0.144. The molecule has 4 nitrogen and oxygen atoms in total. The average molecular weight is 327 g/mol. The van der Waals surface area contributed by atoms with Crippen LogP contribution in [0.5, 0.6) is 17.2 Å². The molecule has 0 aliphatic rings. The Kier molecular flexibility index (Phi) is 7.15. The van der Waals surface area contributed by atoms with Crippen molar-refractivity contribution in [3.63, 3.8) is 0 Å². The number of methoxy groups -OCH3 is 1. The number of hydrogen-bond acceptors (Lipinski definition) is 4. The van der Waals surface area contributed by atoms with Gasteiger partial charge >= 0.3 is 0 Å². The fourth-order valence-electron chi connectivity index (χ4n) is 2.25. The molecule has 1 N–H and O–H groups in total. The minimum Gasteiger partial charge on any atom is -0.507 e. The Morgan fingerprint density at radius 2 is 1.75 bits per heavy atom. The summed E-state index contributed by atoms with van der Waals surface area (Å²) in [5, 5.41) is 9.91. The van der Waals surface area contributed by atoms with Gasteiger partial charge in [-0.3, -0.25) is 4.99 Å². The fraction of sp³-hybridized carbons (Fsp3) is 0.350. The van der Waals surface area contributed by atoms with Crippen molar-refractivity contribution in [2.75, 3.05) is 13.7 Å². The zero-order chi connectivity index (χ0) is 17.2. The summed E-state index contributed by atoms with van der Waals surface area (Å²) in [6.07, 6.45) is 6.43. The SMILES string of the molecule is CCCCCCOc1ccc(N=Cc2ccc(OC)cc2O)cc1. The molecule has 0 fully saturated rings. The first-order valence-electron chi connectivity index (χ1n) is 8.37. The van der Waals surface area contributed by atoms with Gasteiger partial charge in [0.1, 0.15) is 17.2 Å². The minimum absolute atomic E-state index is 0.144. The summed E-state index contributed by atoms with van der Waals surface area (Å²) in [6.45, 7) is 2.95. The lowest BCUT2D eigenvalue weighted by atomic mass is 10.2. The molecule has 0 unspecified atom stereocenters. The van der Waals surface area contributed by atoms with E-state index in [0.29, 0.717) is 11.3 Å². The Balaban J connectivity index is 1.89. The van der Waals surface area contributed by atoms with E-state index in [1.165, 1.54) is 19.3 Å². The van der Waals surface area contributed by atoms with E-state index in [-0.39, 0.29) is 5.75 Å². The number of ether oxygens (including phenoxy) is 2. The number of benzene rings is 2. The molecule has 2 aromatic carbocycles. The molecule has 128 valence electrons. The molecule has 2 aromatic rings. The van der Waals surface area contributed by atoms with E-state index < -0.39 is 0 Å². The normalized spacial score (nSPS) is 10.9. The second kappa shape index (κ2) is 9.60. The van der Waals surface area contributed by atoms with Crippen molar-refractivity contribution < 1.29 is 14.6 Å². The highest BCUT2D eigenvalue weighted by atomic mass is 16.5. The summed E-state index contributed by atoms with van der Waals surface area (Å²) >= 11 is 0. The van der Waals surface area contributed by atoms with Crippen molar-refractivity contribution in [1.29, 1.82) is 0 Å². The van der Waals surface area contributed by atoms with Crippen LogP contribution in [0.3, 0.4) is 0 Å². The molecule has 0 aliphatic heterocycles. The lowest BCUT2D eigenvalue weighted by Gasteiger charge is -2.06. The first kappa shape index (κ1) is 17.9. The third-order valence-corrected chi connectivity index (χ3v) is 3.69. The van der Waals surface area contributed by atoms with Gasteiger partial charge in [-0.15, -0.1) is 0 Å². The summed E-state index contributed by atoms with van der Waals surface area (Å²) in [4.78, 5) is 4.37. The van der Waals surface area contributed by atoms with Crippen LogP contribution < -0.4 is 9.47 Å². The molecule has 4 heteroatoms. The van der Waals surface area contributed by atoms with E-state index in [9.17, 15) is 5.11 Å². The maximum absolute atomic E-state index is 9.91. The molecule has 24 heavy (non-hydrogen) atoms. The maximum Gasteiger partial charge on any atom is 0.128 e. The number of aromatic hydroxyl groups is 1. The second-order valence-electron chi connectivity index (χ2n) is 5.59. The van der Waals surface area contributed by atoms with Gasteiger partial charge in [0.05, 0.1) is 19.4 Å². The van der Waals surface area contributed by atoms with Crippen molar-refractivity contribution in [3.8, 4) is 17.2 Å². The average Bonchev–Trinajstić information content (AvgIpc) is 2.61. The Morgan fingerprint density at radius 1 is 1.00 bits per heavy atom. The molecule has 0 saturated heterocycles. The van der Waals surface area contributed by atoms with Crippen LogP contribution in [-0.4, -0.2) is 25.0 Å². The predicted octanol–water partition coefficient (Wildman–Crippen LogP) is 5.11. The lowest BCUT2D eigenvalue weighted by Crippen LogP contribution is -1.96. The van der Waals surface area contributed by atoms with Crippen LogP contribution in [-0.2, 0) is 0 Å². The quantitative estimate of drug-likeness (QED) is 0.514. The molecule has 0 spiro atoms. The summed E-state index contributed by atoms with van der Waals surface area (Å²) in [5.74, 6) is 1.62. The summed E-state index contributed by atoms with van der Waals surface area (Å²) < 4.78 is 10.8. The van der Waals surface area contributed by atoms with Gasteiger partial charge in [0.2, 0.25) is 0 Å². The zero-order valence-corrected chi connectivity index (χ0v) is 14.4. The number of rotatable bonds is 9. The van der Waals surface area contributed by atoms with Crippen molar-refractivity contribution in [1.82, 2.24) is 0 Å². The smallest absolute Gasteiger partial charge is 0.128 e. The Bertz CT molecular complexity index is 650. The molecule has 0 aromatic heterocycles. The highest BCUT2D eigenvalue weighted by molar-refractivity contribution is 5.85. The second-order valence-corrected chi connectivity index (χ2v) is 5.59. The van der Waals surface area contributed by atoms with Crippen LogP contribution in [0.2, 0.25) is 0 Å². The molecule has 2 rings (SSSR count). The van der Waals surface area contributed by atoms with Gasteiger partial charge in [0.25, 0.3) is 0 Å². The maximum atomic E-state index is 9.91. The van der Waals surface area contributed by atoms with Gasteiger partial charge in [-0.2, -0.15) is 0 Å². The zero-order valence-electron chi connectivity index (χ0n) is 14.4. The third-order valence-electron chi connectivity index (χ3n) is 3.69. The van der Waals surface area contributed by atoms with E-state index in [0.717, 1.165) is 24.5 Å². The topological polar surface area (TPSA) is 51.0 Å². The van der Waals surface area contributed by atoms with Gasteiger partial charge in [-0.25, -0.2) is 0 Å². The Morgan fingerprint density at radius 3 is 2.42 bits per heavy atom. The van der Waals surface area contributed by atoms with Crippen LogP contribution >= 0.6 is 0 Å². The molecule has 0 atom stereocenters. The van der Waals surface area contributed by atoms with Crippen LogP contribution in [0.25, 0.3) is 0 Å². The lowest BCUT2D eigenvalue weighted by molar-refractivity contribution is 0.305. The number of hydrogen-bond donors (Lipinski definition) is 1. The first-order chi connectivity index (χ1) is 11.7. The molecule has 0 bridgehead atoms. The van der Waals surface area contributed by atoms with Crippen LogP contribution in [0.15, 0.2) is 47.5 Å². The van der Waals surface area contributed by atoms with Crippen molar-refractivity contribution >= 4 is 11.9 Å². The predicted molar refractivity (Wildman–Crippen MR) is 98.0 cm³/mol. The van der Waals surface area contributed by atoms with Gasteiger partial charge in [-0.1, -0.05) is 26.2 Å². The largest absolute Gasteiger partial charge is 0.507 e. The van der Waals surface area contributed by atoms with E-state index in [4.69, 9.17) is 9.47 Å². The highest BCUT2D eigenvalue weighted by Gasteiger charge is 2.00. The molecule has 0 aliphatic carbocycles. The third kappa shape index (κ3) is 5.61. The molecular weight excluding hydrogens is 302 g/mol. The molecule has 0 radical (unpaired) electrons. The fourth-order valence-corrected chi connectivity index (χ4v) is 2.25. The van der Waals surface area contributed by atoms with E-state index in [1.54, 1.807) is 31.5 Å². The van der Waals surface area contributed by atoms with Crippen LogP contribution in [0, 0.1) is 0 Å². The highest BCUT2D eigenvalue weighted by Crippen LogP contribution is 2.23. The molecular formula is C20H25NO3. The molecule has 0 saturated carbocycles. The monoisotopic (exact) mass is 327 g/mol. The molecule has 0 heterocycles. The number of phenolic OH excluding ortho intramolecular Hbond substituents is 1. The summed E-state index contributed by atoms with van der Waals surface area (Å²) in [5.41, 5.74) is 1.45. The number of phenols is 1. The number of unbranched alkanes of at least 4 members (excludes halogenated alkanes) is 3. The van der Waals surface area contributed by atoms with Crippen molar-refractivity contribution in [3.05, 3.63) is 48.0 Å². The van der Waals surface area contributed by atoms with Gasteiger partial charge in [0, 0.05) is 17.8 Å². The Hall–Kier alpha value is -2.49. The van der Waals surface area contributed by atoms with Gasteiger partial charge in [-0.05, 0) is 42.8 Å². The van der Waals surface area contributed by atoms with E-state index >= 15 is 0 Å². The number of aliphatic imine (C=N–C) groups is 1. The first-order valence-corrected chi connectivity index (χ1v) is 8.37. The molecule has 0 amide bonds.